The number of allylic oxidation sites excluding steroid dienone is 1. The molecule has 2 rings (SSSR count). The fraction of sp³-hybridized carbons (Fsp3) is 0.467. The summed E-state index contributed by atoms with van der Waals surface area (Å²) in [4.78, 5) is 0. The number of halogens is 1. The summed E-state index contributed by atoms with van der Waals surface area (Å²) in [6.07, 6.45) is 3.40. The predicted molar refractivity (Wildman–Crippen MR) is 73.1 cm³/mol. The van der Waals surface area contributed by atoms with Crippen LogP contribution in [0.1, 0.15) is 38.7 Å². The molecule has 1 N–H and O–H groups in total. The van der Waals surface area contributed by atoms with Crippen LogP contribution in [0.25, 0.3) is 5.57 Å². The molecule has 0 aromatic heterocycles. The molecule has 0 fully saturated rings. The first kappa shape index (κ1) is 12.7. The lowest BCUT2D eigenvalue weighted by Crippen LogP contribution is -2.22. The van der Waals surface area contributed by atoms with E-state index in [2.05, 4.69) is 26.0 Å². The average Bonchev–Trinajstić information content (AvgIpc) is 2.28. The van der Waals surface area contributed by atoms with Crippen LogP contribution < -0.4 is 0 Å². The molecule has 0 atom stereocenters. The van der Waals surface area contributed by atoms with E-state index in [-0.39, 0.29) is 12.0 Å². The van der Waals surface area contributed by atoms with Gasteiger partial charge in [0.2, 0.25) is 0 Å². The molecule has 1 aliphatic carbocycles. The maximum atomic E-state index is 9.63. The number of hydrogen-bond acceptors (Lipinski definition) is 1. The fourth-order valence-corrected chi connectivity index (χ4v) is 2.82. The first-order valence-electron chi connectivity index (χ1n) is 6.14. The molecule has 92 valence electrons. The highest BCUT2D eigenvalue weighted by Crippen LogP contribution is 2.43. The molecule has 1 aromatic carbocycles. The lowest BCUT2D eigenvalue weighted by Gasteiger charge is -2.34. The van der Waals surface area contributed by atoms with Gasteiger partial charge in [-0.3, -0.25) is 0 Å². The monoisotopic (exact) mass is 250 g/mol. The largest absolute Gasteiger partial charge is 0.392 e. The highest BCUT2D eigenvalue weighted by Gasteiger charge is 2.29. The molecule has 0 aliphatic heterocycles. The van der Waals surface area contributed by atoms with E-state index in [0.29, 0.717) is 0 Å². The van der Waals surface area contributed by atoms with Gasteiger partial charge in [0.05, 0.1) is 6.61 Å². The Kier molecular flexibility index (Phi) is 3.60. The molecular weight excluding hydrogens is 232 g/mol. The minimum atomic E-state index is 0.113. The van der Waals surface area contributed by atoms with E-state index in [9.17, 15) is 5.11 Å². The van der Waals surface area contributed by atoms with Crippen LogP contribution in [0, 0.1) is 5.41 Å². The summed E-state index contributed by atoms with van der Waals surface area (Å²) >= 11 is 5.91. The highest BCUT2D eigenvalue weighted by atomic mass is 35.5. The zero-order valence-electron chi connectivity index (χ0n) is 10.5. The van der Waals surface area contributed by atoms with Crippen LogP contribution in [-0.4, -0.2) is 11.7 Å². The average molecular weight is 251 g/mol. The molecule has 0 unspecified atom stereocenters. The Balaban J connectivity index is 2.47. The van der Waals surface area contributed by atoms with Crippen LogP contribution in [-0.2, 0) is 0 Å². The Labute approximate surface area is 108 Å². The summed E-state index contributed by atoms with van der Waals surface area (Å²) in [5.74, 6) is 0. The fourth-order valence-electron chi connectivity index (χ4n) is 2.70. The first-order valence-corrected chi connectivity index (χ1v) is 6.52. The molecule has 1 aromatic rings. The molecule has 0 saturated heterocycles. The first-order chi connectivity index (χ1) is 8.04. The van der Waals surface area contributed by atoms with E-state index in [1.807, 2.05) is 12.1 Å². The normalized spacial score (nSPS) is 19.5. The minimum Gasteiger partial charge on any atom is -0.392 e. The van der Waals surface area contributed by atoms with Crippen molar-refractivity contribution in [1.82, 2.24) is 0 Å². The summed E-state index contributed by atoms with van der Waals surface area (Å²) in [5, 5.41) is 10.4. The number of aliphatic hydroxyl groups excluding tert-OH is 1. The van der Waals surface area contributed by atoms with Crippen molar-refractivity contribution in [3.63, 3.8) is 0 Å². The van der Waals surface area contributed by atoms with E-state index >= 15 is 0 Å². The van der Waals surface area contributed by atoms with Crippen LogP contribution in [0.4, 0.5) is 0 Å². The molecule has 0 heterocycles. The van der Waals surface area contributed by atoms with E-state index in [1.165, 1.54) is 23.1 Å². The van der Waals surface area contributed by atoms with Gasteiger partial charge in [-0.05, 0) is 53.5 Å². The van der Waals surface area contributed by atoms with Crippen LogP contribution in [0.15, 0.2) is 29.8 Å². The Morgan fingerprint density at radius 2 is 1.88 bits per heavy atom. The summed E-state index contributed by atoms with van der Waals surface area (Å²) in [6, 6.07) is 7.93. The second-order valence-corrected chi connectivity index (χ2v) is 5.80. The Hall–Kier alpha value is -0.790. The number of aliphatic hydroxyl groups is 1. The van der Waals surface area contributed by atoms with Gasteiger partial charge in [-0.15, -0.1) is 0 Å². The van der Waals surface area contributed by atoms with Gasteiger partial charge in [-0.1, -0.05) is 37.6 Å². The van der Waals surface area contributed by atoms with Gasteiger partial charge >= 0.3 is 0 Å². The molecular formula is C15H19ClO. The lowest BCUT2D eigenvalue weighted by molar-refractivity contribution is 0.270. The van der Waals surface area contributed by atoms with Crippen LogP contribution in [0.3, 0.4) is 0 Å². The highest BCUT2D eigenvalue weighted by molar-refractivity contribution is 6.30. The van der Waals surface area contributed by atoms with Crippen molar-refractivity contribution in [3.05, 3.63) is 40.4 Å². The summed E-state index contributed by atoms with van der Waals surface area (Å²) < 4.78 is 0. The van der Waals surface area contributed by atoms with Crippen molar-refractivity contribution in [1.29, 1.82) is 0 Å². The van der Waals surface area contributed by atoms with Gasteiger partial charge < -0.3 is 5.11 Å². The lowest BCUT2D eigenvalue weighted by atomic mass is 9.71. The summed E-state index contributed by atoms with van der Waals surface area (Å²) in [5.41, 5.74) is 3.81. The molecule has 0 bridgehead atoms. The number of benzene rings is 1. The van der Waals surface area contributed by atoms with E-state index in [4.69, 9.17) is 11.6 Å². The van der Waals surface area contributed by atoms with E-state index in [1.54, 1.807) is 0 Å². The van der Waals surface area contributed by atoms with Crippen LogP contribution in [0.5, 0.6) is 0 Å². The number of rotatable bonds is 2. The van der Waals surface area contributed by atoms with Crippen molar-refractivity contribution < 1.29 is 5.11 Å². The quantitative estimate of drug-likeness (QED) is 0.830. The zero-order valence-corrected chi connectivity index (χ0v) is 11.2. The maximum Gasteiger partial charge on any atom is 0.0652 e. The SMILES string of the molecule is CC1(C)CCCC(c2ccc(Cl)cc2)=C1CO. The summed E-state index contributed by atoms with van der Waals surface area (Å²) in [6.45, 7) is 4.59. The molecule has 0 saturated carbocycles. The zero-order chi connectivity index (χ0) is 12.5. The molecule has 0 radical (unpaired) electrons. The van der Waals surface area contributed by atoms with Gasteiger partial charge in [0.1, 0.15) is 0 Å². The third kappa shape index (κ3) is 2.56. The minimum absolute atomic E-state index is 0.113. The Morgan fingerprint density at radius 3 is 2.47 bits per heavy atom. The third-order valence-corrected chi connectivity index (χ3v) is 4.01. The van der Waals surface area contributed by atoms with Gasteiger partial charge in [0, 0.05) is 5.02 Å². The van der Waals surface area contributed by atoms with Crippen LogP contribution >= 0.6 is 11.6 Å². The molecule has 2 heteroatoms. The Bertz CT molecular complexity index is 429. The van der Waals surface area contributed by atoms with Crippen molar-refractivity contribution in [3.8, 4) is 0 Å². The third-order valence-electron chi connectivity index (χ3n) is 3.76. The van der Waals surface area contributed by atoms with Gasteiger partial charge in [-0.2, -0.15) is 0 Å². The van der Waals surface area contributed by atoms with E-state index in [0.717, 1.165) is 17.9 Å². The second kappa shape index (κ2) is 4.83. The topological polar surface area (TPSA) is 20.2 Å². The van der Waals surface area contributed by atoms with Gasteiger partial charge in [0.25, 0.3) is 0 Å². The number of hydrogen-bond donors (Lipinski definition) is 1. The molecule has 0 spiro atoms. The molecule has 1 nitrogen and oxygen atoms in total. The van der Waals surface area contributed by atoms with Crippen molar-refractivity contribution >= 4 is 17.2 Å². The smallest absolute Gasteiger partial charge is 0.0652 e. The van der Waals surface area contributed by atoms with E-state index < -0.39 is 0 Å². The molecule has 1 aliphatic rings. The molecule has 0 amide bonds. The second-order valence-electron chi connectivity index (χ2n) is 5.36. The van der Waals surface area contributed by atoms with Crippen molar-refractivity contribution in [2.75, 3.05) is 6.61 Å². The maximum absolute atomic E-state index is 9.63. The standard InChI is InChI=1S/C15H19ClO/c1-15(2)9-3-4-13(14(15)10-17)11-5-7-12(16)8-6-11/h5-8,17H,3-4,9-10H2,1-2H3. The van der Waals surface area contributed by atoms with Crippen LogP contribution in [0.2, 0.25) is 5.02 Å². The Morgan fingerprint density at radius 1 is 1.24 bits per heavy atom. The predicted octanol–water partition coefficient (Wildman–Crippen LogP) is 4.30. The summed E-state index contributed by atoms with van der Waals surface area (Å²) in [7, 11) is 0. The van der Waals surface area contributed by atoms with Gasteiger partial charge in [-0.25, -0.2) is 0 Å². The van der Waals surface area contributed by atoms with Gasteiger partial charge in [0.15, 0.2) is 0 Å². The van der Waals surface area contributed by atoms with Crippen molar-refractivity contribution in [2.24, 2.45) is 5.41 Å². The molecule has 17 heavy (non-hydrogen) atoms. The van der Waals surface area contributed by atoms with Crippen molar-refractivity contribution in [2.45, 2.75) is 33.1 Å².